The van der Waals surface area contributed by atoms with Gasteiger partial charge in [0.1, 0.15) is 12.1 Å². The SMILES string of the molecule is Cc1ccc(F)c(NC(=O)c2coc(CN3CCN(Cc4ccc(C(C)(C)C)cc4)CC3)n2)c1. The van der Waals surface area contributed by atoms with Crippen molar-refractivity contribution in [3.8, 4) is 0 Å². The molecule has 1 aliphatic heterocycles. The molecule has 0 spiro atoms. The van der Waals surface area contributed by atoms with Crippen LogP contribution in [0.25, 0.3) is 0 Å². The maximum atomic E-state index is 13.9. The largest absolute Gasteiger partial charge is 0.447 e. The van der Waals surface area contributed by atoms with E-state index in [0.29, 0.717) is 12.4 Å². The molecule has 1 aromatic heterocycles. The first-order chi connectivity index (χ1) is 16.2. The first-order valence-corrected chi connectivity index (χ1v) is 11.7. The number of benzene rings is 2. The van der Waals surface area contributed by atoms with Crippen molar-refractivity contribution in [3.63, 3.8) is 0 Å². The van der Waals surface area contributed by atoms with Crippen LogP contribution in [0.2, 0.25) is 0 Å². The van der Waals surface area contributed by atoms with E-state index in [2.05, 4.69) is 65.1 Å². The molecule has 1 fully saturated rings. The summed E-state index contributed by atoms with van der Waals surface area (Å²) in [5.41, 5.74) is 3.99. The Morgan fingerprint density at radius 1 is 1.03 bits per heavy atom. The van der Waals surface area contributed by atoms with Gasteiger partial charge in [0, 0.05) is 32.7 Å². The van der Waals surface area contributed by atoms with Crippen molar-refractivity contribution in [2.45, 2.75) is 46.2 Å². The number of aromatic nitrogens is 1. The number of hydrogen-bond acceptors (Lipinski definition) is 5. The van der Waals surface area contributed by atoms with Gasteiger partial charge in [-0.2, -0.15) is 0 Å². The van der Waals surface area contributed by atoms with Crippen molar-refractivity contribution in [2.24, 2.45) is 0 Å². The van der Waals surface area contributed by atoms with Gasteiger partial charge < -0.3 is 9.73 Å². The number of halogens is 1. The molecule has 1 aliphatic rings. The quantitative estimate of drug-likeness (QED) is 0.557. The molecule has 3 aromatic rings. The second-order valence-corrected chi connectivity index (χ2v) is 10.1. The number of hydrogen-bond donors (Lipinski definition) is 1. The molecule has 0 unspecified atom stereocenters. The van der Waals surface area contributed by atoms with Gasteiger partial charge in [-0.25, -0.2) is 9.37 Å². The van der Waals surface area contributed by atoms with Gasteiger partial charge in [-0.3, -0.25) is 14.6 Å². The molecule has 180 valence electrons. The Morgan fingerprint density at radius 2 is 1.68 bits per heavy atom. The van der Waals surface area contributed by atoms with Gasteiger partial charge in [0.15, 0.2) is 5.69 Å². The number of nitrogens with zero attached hydrogens (tertiary/aromatic N) is 3. The van der Waals surface area contributed by atoms with E-state index in [1.54, 1.807) is 12.1 Å². The van der Waals surface area contributed by atoms with Crippen molar-refractivity contribution in [1.82, 2.24) is 14.8 Å². The zero-order valence-corrected chi connectivity index (χ0v) is 20.4. The fourth-order valence-corrected chi connectivity index (χ4v) is 4.07. The van der Waals surface area contributed by atoms with Crippen LogP contribution in [0.15, 0.2) is 53.1 Å². The van der Waals surface area contributed by atoms with Crippen molar-refractivity contribution in [2.75, 3.05) is 31.5 Å². The monoisotopic (exact) mass is 464 g/mol. The van der Waals surface area contributed by atoms with E-state index in [0.717, 1.165) is 38.3 Å². The number of carbonyl (C=O) groups excluding carboxylic acids is 1. The smallest absolute Gasteiger partial charge is 0.277 e. The number of rotatable bonds is 6. The van der Waals surface area contributed by atoms with Gasteiger partial charge in [-0.1, -0.05) is 51.1 Å². The molecule has 1 saturated heterocycles. The van der Waals surface area contributed by atoms with Crippen LogP contribution in [0.3, 0.4) is 0 Å². The lowest BCUT2D eigenvalue weighted by Crippen LogP contribution is -2.45. The molecular weight excluding hydrogens is 431 g/mol. The molecule has 0 aliphatic carbocycles. The van der Waals surface area contributed by atoms with Gasteiger partial charge in [-0.05, 0) is 41.2 Å². The normalized spacial score (nSPS) is 15.4. The van der Waals surface area contributed by atoms with Crippen LogP contribution in [0.4, 0.5) is 10.1 Å². The molecule has 0 atom stereocenters. The first kappa shape index (κ1) is 24.1. The molecule has 4 rings (SSSR count). The van der Waals surface area contributed by atoms with Gasteiger partial charge in [0.2, 0.25) is 5.89 Å². The van der Waals surface area contributed by atoms with Gasteiger partial charge in [0.25, 0.3) is 5.91 Å². The zero-order chi connectivity index (χ0) is 24.3. The Labute approximate surface area is 200 Å². The third-order valence-electron chi connectivity index (χ3n) is 6.20. The molecule has 0 bridgehead atoms. The summed E-state index contributed by atoms with van der Waals surface area (Å²) in [7, 11) is 0. The first-order valence-electron chi connectivity index (χ1n) is 11.7. The summed E-state index contributed by atoms with van der Waals surface area (Å²) in [6, 6.07) is 13.5. The number of nitrogens with one attached hydrogen (secondary N) is 1. The van der Waals surface area contributed by atoms with Crippen molar-refractivity contribution in [1.29, 1.82) is 0 Å². The summed E-state index contributed by atoms with van der Waals surface area (Å²) in [6.45, 7) is 13.7. The predicted octanol–water partition coefficient (Wildman–Crippen LogP) is 4.99. The fraction of sp³-hybridized carbons (Fsp3) is 0.407. The van der Waals surface area contributed by atoms with E-state index in [-0.39, 0.29) is 16.8 Å². The lowest BCUT2D eigenvalue weighted by molar-refractivity contribution is 0.102. The molecule has 0 radical (unpaired) electrons. The van der Waals surface area contributed by atoms with E-state index >= 15 is 0 Å². The summed E-state index contributed by atoms with van der Waals surface area (Å²) in [6.07, 6.45) is 1.33. The highest BCUT2D eigenvalue weighted by atomic mass is 19.1. The van der Waals surface area contributed by atoms with Crippen molar-refractivity contribution in [3.05, 3.63) is 82.8 Å². The Morgan fingerprint density at radius 3 is 2.32 bits per heavy atom. The van der Waals surface area contributed by atoms with Crippen LogP contribution < -0.4 is 5.32 Å². The lowest BCUT2D eigenvalue weighted by atomic mass is 9.87. The third-order valence-corrected chi connectivity index (χ3v) is 6.20. The fourth-order valence-electron chi connectivity index (χ4n) is 4.07. The minimum atomic E-state index is -0.484. The summed E-state index contributed by atoms with van der Waals surface area (Å²) < 4.78 is 19.4. The minimum absolute atomic E-state index is 0.138. The van der Waals surface area contributed by atoms with Gasteiger partial charge in [0.05, 0.1) is 12.2 Å². The lowest BCUT2D eigenvalue weighted by Gasteiger charge is -2.34. The zero-order valence-electron chi connectivity index (χ0n) is 20.4. The minimum Gasteiger partial charge on any atom is -0.447 e. The summed E-state index contributed by atoms with van der Waals surface area (Å²) in [5, 5.41) is 2.57. The van der Waals surface area contributed by atoms with Crippen LogP contribution in [0, 0.1) is 12.7 Å². The highest BCUT2D eigenvalue weighted by molar-refractivity contribution is 6.02. The van der Waals surface area contributed by atoms with E-state index in [4.69, 9.17) is 4.42 Å². The summed E-state index contributed by atoms with van der Waals surface area (Å²) in [4.78, 5) is 21.5. The average Bonchev–Trinajstić information content (AvgIpc) is 3.26. The molecule has 1 N–H and O–H groups in total. The molecule has 6 nitrogen and oxygen atoms in total. The van der Waals surface area contributed by atoms with E-state index in [9.17, 15) is 9.18 Å². The van der Waals surface area contributed by atoms with E-state index < -0.39 is 11.7 Å². The maximum Gasteiger partial charge on any atom is 0.277 e. The number of carbonyl (C=O) groups is 1. The molecule has 2 heterocycles. The molecule has 1 amide bonds. The molecule has 2 aromatic carbocycles. The highest BCUT2D eigenvalue weighted by Gasteiger charge is 2.21. The van der Waals surface area contributed by atoms with E-state index in [1.807, 2.05) is 6.92 Å². The molecule has 0 saturated carbocycles. The Balaban J connectivity index is 1.26. The van der Waals surface area contributed by atoms with Crippen LogP contribution in [-0.2, 0) is 18.5 Å². The number of amides is 1. The van der Waals surface area contributed by atoms with E-state index in [1.165, 1.54) is 23.5 Å². The van der Waals surface area contributed by atoms with Crippen LogP contribution >= 0.6 is 0 Å². The van der Waals surface area contributed by atoms with Crippen LogP contribution in [0.5, 0.6) is 0 Å². The Hall–Kier alpha value is -3.03. The average molecular weight is 465 g/mol. The highest BCUT2D eigenvalue weighted by Crippen LogP contribution is 2.23. The third kappa shape index (κ3) is 6.10. The molecule has 7 heteroatoms. The molecular formula is C27H33FN4O2. The summed E-state index contributed by atoms with van der Waals surface area (Å²) >= 11 is 0. The van der Waals surface area contributed by atoms with Crippen LogP contribution in [0.1, 0.15) is 53.8 Å². The number of oxazole rings is 1. The van der Waals surface area contributed by atoms with Gasteiger partial charge >= 0.3 is 0 Å². The Bertz CT molecular complexity index is 1130. The summed E-state index contributed by atoms with van der Waals surface area (Å²) in [5.74, 6) is -0.478. The van der Waals surface area contributed by atoms with Gasteiger partial charge in [-0.15, -0.1) is 0 Å². The topological polar surface area (TPSA) is 61.6 Å². The Kier molecular flexibility index (Phi) is 7.14. The second-order valence-electron chi connectivity index (χ2n) is 10.1. The molecule has 34 heavy (non-hydrogen) atoms. The number of aryl methyl sites for hydroxylation is 1. The number of piperazine rings is 1. The number of anilines is 1. The van der Waals surface area contributed by atoms with Crippen molar-refractivity contribution >= 4 is 11.6 Å². The predicted molar refractivity (Wildman–Crippen MR) is 131 cm³/mol. The van der Waals surface area contributed by atoms with Crippen LogP contribution in [-0.4, -0.2) is 46.9 Å². The maximum absolute atomic E-state index is 13.9. The second kappa shape index (κ2) is 10.1. The standard InChI is InChI=1S/C27H33FN4O2/c1-19-5-10-22(28)23(15-19)30-26(33)24-18-34-25(29-24)17-32-13-11-31(12-14-32)16-20-6-8-21(9-7-20)27(2,3)4/h5-10,15,18H,11-14,16-17H2,1-4H3,(H,30,33). The van der Waals surface area contributed by atoms with Crippen molar-refractivity contribution < 1.29 is 13.6 Å².